The smallest absolute Gasteiger partial charge is 0.256 e. The third kappa shape index (κ3) is 1.23. The summed E-state index contributed by atoms with van der Waals surface area (Å²) in [5.41, 5.74) is 2.60. The normalized spacial score (nSPS) is 14.7. The summed E-state index contributed by atoms with van der Waals surface area (Å²) in [5.74, 6) is 0.804. The van der Waals surface area contributed by atoms with Crippen LogP contribution in [0.3, 0.4) is 0 Å². The van der Waals surface area contributed by atoms with E-state index < -0.39 is 8.69 Å². The minimum Gasteiger partial charge on any atom is -0.256 e. The molecule has 0 bridgehead atoms. The Morgan fingerprint density at radius 1 is 1.33 bits per heavy atom. The van der Waals surface area contributed by atoms with Gasteiger partial charge in [0.2, 0.25) is 0 Å². The van der Waals surface area contributed by atoms with Gasteiger partial charge in [0.1, 0.15) is 0 Å². The molecule has 0 saturated heterocycles. The van der Waals surface area contributed by atoms with Gasteiger partial charge in [-0.3, -0.25) is 4.52 Å². The highest BCUT2D eigenvalue weighted by atomic mass is 31.1. The molecule has 3 heteroatoms. The Bertz CT molecular complexity index is 309. The van der Waals surface area contributed by atoms with Crippen LogP contribution in [-0.4, -0.2) is 0 Å². The molecule has 1 aromatic rings. The minimum absolute atomic E-state index is 0.691. The molecule has 2 nitrogen and oxygen atoms in total. The van der Waals surface area contributed by atoms with Crippen molar-refractivity contribution in [3.05, 3.63) is 29.3 Å². The number of fused-ring (bicyclic) bond motifs is 1. The molecule has 0 spiro atoms. The van der Waals surface area contributed by atoms with E-state index in [2.05, 4.69) is 6.07 Å². The van der Waals surface area contributed by atoms with E-state index >= 15 is 0 Å². The summed E-state index contributed by atoms with van der Waals surface area (Å²) < 4.78 is 15.3. The summed E-state index contributed by atoms with van der Waals surface area (Å²) in [6, 6.07) is 5.96. The molecule has 1 aliphatic carbocycles. The first kappa shape index (κ1) is 7.75. The van der Waals surface area contributed by atoms with Gasteiger partial charge in [0.25, 0.3) is 0 Å². The standard InChI is InChI=1S/C9H10O2P/c10-12-11-9-6-2-4-7-3-1-5-8(7)9/h2,4,6,12H,1,3,5H2/q+1. The first-order chi connectivity index (χ1) is 5.92. The molecule has 2 rings (SSSR count). The van der Waals surface area contributed by atoms with Gasteiger partial charge in [-0.2, -0.15) is 0 Å². The third-order valence-electron chi connectivity index (χ3n) is 2.25. The zero-order chi connectivity index (χ0) is 8.39. The second-order valence-electron chi connectivity index (χ2n) is 2.93. The molecule has 1 unspecified atom stereocenters. The first-order valence-corrected chi connectivity index (χ1v) is 4.88. The summed E-state index contributed by atoms with van der Waals surface area (Å²) in [7, 11) is -0.691. The zero-order valence-electron chi connectivity index (χ0n) is 6.67. The van der Waals surface area contributed by atoms with E-state index in [0.717, 1.165) is 18.6 Å². The zero-order valence-corrected chi connectivity index (χ0v) is 7.67. The molecule has 0 aliphatic heterocycles. The topological polar surface area (TPSA) is 26.3 Å². The Kier molecular flexibility index (Phi) is 2.09. The SMILES string of the molecule is O=[PH+]Oc1cccc2c1CCC2. The lowest BCUT2D eigenvalue weighted by atomic mass is 10.1. The number of hydrogen-bond donors (Lipinski definition) is 0. The summed E-state index contributed by atoms with van der Waals surface area (Å²) in [6.45, 7) is 0. The van der Waals surface area contributed by atoms with Crippen molar-refractivity contribution in [1.82, 2.24) is 0 Å². The summed E-state index contributed by atoms with van der Waals surface area (Å²) in [6.07, 6.45) is 3.39. The van der Waals surface area contributed by atoms with Crippen molar-refractivity contribution in [2.24, 2.45) is 0 Å². The van der Waals surface area contributed by atoms with Gasteiger partial charge in [-0.15, -0.1) is 0 Å². The van der Waals surface area contributed by atoms with Gasteiger partial charge in [-0.1, -0.05) is 12.1 Å². The van der Waals surface area contributed by atoms with Gasteiger partial charge in [0.15, 0.2) is 5.75 Å². The highest BCUT2D eigenvalue weighted by molar-refractivity contribution is 7.17. The number of hydrogen-bond acceptors (Lipinski definition) is 2. The number of rotatable bonds is 2. The molecule has 0 heterocycles. The predicted octanol–water partition coefficient (Wildman–Crippen LogP) is 2.49. The highest BCUT2D eigenvalue weighted by Gasteiger charge is 2.16. The Morgan fingerprint density at radius 2 is 2.25 bits per heavy atom. The molecule has 0 amide bonds. The van der Waals surface area contributed by atoms with E-state index in [1.54, 1.807) is 0 Å². The maximum Gasteiger partial charge on any atom is 0.542 e. The fourth-order valence-corrected chi connectivity index (χ4v) is 2.01. The van der Waals surface area contributed by atoms with Crippen molar-refractivity contribution in [2.75, 3.05) is 0 Å². The lowest BCUT2D eigenvalue weighted by Crippen LogP contribution is -1.85. The molecule has 1 aliphatic rings. The van der Waals surface area contributed by atoms with Crippen LogP contribution in [0.2, 0.25) is 0 Å². The van der Waals surface area contributed by atoms with Gasteiger partial charge >= 0.3 is 8.69 Å². The van der Waals surface area contributed by atoms with Crippen LogP contribution < -0.4 is 4.52 Å². The molecule has 0 saturated carbocycles. The van der Waals surface area contributed by atoms with Crippen LogP contribution in [0.4, 0.5) is 0 Å². The van der Waals surface area contributed by atoms with Gasteiger partial charge in [-0.05, 0) is 35.5 Å². The van der Waals surface area contributed by atoms with E-state index in [9.17, 15) is 4.57 Å². The van der Waals surface area contributed by atoms with Crippen molar-refractivity contribution in [3.8, 4) is 5.75 Å². The lowest BCUT2D eigenvalue weighted by molar-refractivity contribution is 0.522. The molecule has 0 N–H and O–H groups in total. The third-order valence-corrected chi connectivity index (χ3v) is 2.56. The van der Waals surface area contributed by atoms with Crippen LogP contribution in [0.1, 0.15) is 17.5 Å². The summed E-state index contributed by atoms with van der Waals surface area (Å²) >= 11 is 0. The van der Waals surface area contributed by atoms with Gasteiger partial charge < -0.3 is 0 Å². The predicted molar refractivity (Wildman–Crippen MR) is 48.1 cm³/mol. The second-order valence-corrected chi connectivity index (χ2v) is 3.30. The molecular formula is C9H10O2P+. The lowest BCUT2D eigenvalue weighted by Gasteiger charge is -1.99. The largest absolute Gasteiger partial charge is 0.542 e. The molecule has 0 aromatic heterocycles. The first-order valence-electron chi connectivity index (χ1n) is 4.06. The van der Waals surface area contributed by atoms with Crippen LogP contribution >= 0.6 is 8.69 Å². The van der Waals surface area contributed by atoms with E-state index in [4.69, 9.17) is 4.52 Å². The van der Waals surface area contributed by atoms with Crippen molar-refractivity contribution in [1.29, 1.82) is 0 Å². The van der Waals surface area contributed by atoms with E-state index in [-0.39, 0.29) is 0 Å². The van der Waals surface area contributed by atoms with Crippen LogP contribution in [0.15, 0.2) is 18.2 Å². The average molecular weight is 181 g/mol. The highest BCUT2D eigenvalue weighted by Crippen LogP contribution is 2.31. The van der Waals surface area contributed by atoms with Crippen LogP contribution in [0.25, 0.3) is 0 Å². The van der Waals surface area contributed by atoms with Gasteiger partial charge in [-0.25, -0.2) is 0 Å². The maximum absolute atomic E-state index is 10.3. The van der Waals surface area contributed by atoms with Crippen LogP contribution in [0.5, 0.6) is 5.75 Å². The van der Waals surface area contributed by atoms with Crippen molar-refractivity contribution in [3.63, 3.8) is 0 Å². The van der Waals surface area contributed by atoms with Gasteiger partial charge in [0.05, 0.1) is 0 Å². The fourth-order valence-electron chi connectivity index (χ4n) is 1.73. The molecule has 62 valence electrons. The monoisotopic (exact) mass is 181 g/mol. The Morgan fingerprint density at radius 3 is 3.08 bits per heavy atom. The van der Waals surface area contributed by atoms with E-state index in [1.807, 2.05) is 12.1 Å². The average Bonchev–Trinajstić information content (AvgIpc) is 2.53. The Balaban J connectivity index is 2.42. The quantitative estimate of drug-likeness (QED) is 0.655. The maximum atomic E-state index is 10.3. The van der Waals surface area contributed by atoms with E-state index in [0.29, 0.717) is 0 Å². The van der Waals surface area contributed by atoms with Crippen LogP contribution in [-0.2, 0) is 17.4 Å². The van der Waals surface area contributed by atoms with Crippen LogP contribution in [0, 0.1) is 0 Å². The molecule has 12 heavy (non-hydrogen) atoms. The van der Waals surface area contributed by atoms with Crippen molar-refractivity contribution < 1.29 is 9.09 Å². The molecule has 0 fully saturated rings. The molecule has 1 atom stereocenters. The molecule has 1 aromatic carbocycles. The molecular weight excluding hydrogens is 171 g/mol. The summed E-state index contributed by atoms with van der Waals surface area (Å²) in [4.78, 5) is 0. The van der Waals surface area contributed by atoms with Crippen molar-refractivity contribution in [2.45, 2.75) is 19.3 Å². The Labute approximate surface area is 72.8 Å². The van der Waals surface area contributed by atoms with Gasteiger partial charge in [0, 0.05) is 5.56 Å². The number of benzene rings is 1. The second kappa shape index (κ2) is 3.24. The fraction of sp³-hybridized carbons (Fsp3) is 0.333. The minimum atomic E-state index is -0.691. The molecule has 0 radical (unpaired) electrons. The summed E-state index contributed by atoms with van der Waals surface area (Å²) in [5, 5.41) is 0. The van der Waals surface area contributed by atoms with Crippen molar-refractivity contribution >= 4 is 8.69 Å². The van der Waals surface area contributed by atoms with E-state index in [1.165, 1.54) is 17.5 Å². The number of aryl methyl sites for hydroxylation is 1. The Hall–Kier alpha value is -0.880.